The van der Waals surface area contributed by atoms with Gasteiger partial charge < -0.3 is 20.7 Å². The van der Waals surface area contributed by atoms with Crippen molar-refractivity contribution >= 4 is 23.2 Å². The lowest BCUT2D eigenvalue weighted by molar-refractivity contribution is -0.144. The van der Waals surface area contributed by atoms with Crippen LogP contribution in [0.3, 0.4) is 0 Å². The molecule has 3 rings (SSSR count). The van der Waals surface area contributed by atoms with Gasteiger partial charge in [0.05, 0.1) is 6.61 Å². The van der Waals surface area contributed by atoms with Crippen LogP contribution in [0.15, 0.2) is 66.7 Å². The summed E-state index contributed by atoms with van der Waals surface area (Å²) in [4.78, 5) is 14.9. The van der Waals surface area contributed by atoms with E-state index in [-0.39, 0.29) is 11.8 Å². The number of amidine groups is 1. The van der Waals surface area contributed by atoms with E-state index in [9.17, 15) is 4.79 Å². The summed E-state index contributed by atoms with van der Waals surface area (Å²) >= 11 is 0. The van der Waals surface area contributed by atoms with Crippen molar-refractivity contribution in [3.8, 4) is 11.1 Å². The second kappa shape index (κ2) is 10.0. The summed E-state index contributed by atoms with van der Waals surface area (Å²) in [6, 6.07) is 20.9. The fraction of sp³-hybridized carbons (Fsp3) is 0.231. The number of carbonyl (C=O) groups excluding carboxylic acids is 1. The number of esters is 1. The van der Waals surface area contributed by atoms with E-state index < -0.39 is 6.04 Å². The normalized spacial score (nSPS) is 11.5. The number of carbonyl (C=O) groups is 1. The smallest absolute Gasteiger partial charge is 0.333 e. The summed E-state index contributed by atoms with van der Waals surface area (Å²) in [6.45, 7) is 4.11. The van der Waals surface area contributed by atoms with E-state index in [4.69, 9.17) is 15.9 Å². The van der Waals surface area contributed by atoms with Crippen molar-refractivity contribution in [1.82, 2.24) is 0 Å². The first-order chi connectivity index (χ1) is 15.3. The van der Waals surface area contributed by atoms with Gasteiger partial charge in [0.25, 0.3) is 0 Å². The molecule has 0 fully saturated rings. The molecule has 4 N–H and O–H groups in total. The molecule has 0 saturated heterocycles. The molecule has 0 aliphatic rings. The first kappa shape index (κ1) is 22.9. The zero-order valence-electron chi connectivity index (χ0n) is 19.0. The van der Waals surface area contributed by atoms with E-state index >= 15 is 0 Å². The molecule has 0 aromatic heterocycles. The summed E-state index contributed by atoms with van der Waals surface area (Å²) in [7, 11) is 4.03. The lowest BCUT2D eigenvalue weighted by Crippen LogP contribution is -2.23. The molecule has 6 heteroatoms. The number of rotatable bonds is 8. The van der Waals surface area contributed by atoms with Crippen LogP contribution in [0.5, 0.6) is 0 Å². The number of ether oxygens (including phenoxy) is 1. The molecule has 3 aromatic carbocycles. The third-order valence-corrected chi connectivity index (χ3v) is 5.16. The maximum atomic E-state index is 12.9. The van der Waals surface area contributed by atoms with E-state index in [1.807, 2.05) is 39.2 Å². The Morgan fingerprint density at radius 1 is 1.06 bits per heavy atom. The summed E-state index contributed by atoms with van der Waals surface area (Å²) in [5.74, 6) is -0.344. The van der Waals surface area contributed by atoms with Crippen LogP contribution in [0.4, 0.5) is 11.4 Å². The highest BCUT2D eigenvalue weighted by Crippen LogP contribution is 2.30. The Labute approximate surface area is 189 Å². The van der Waals surface area contributed by atoms with Crippen molar-refractivity contribution in [3.05, 3.63) is 83.4 Å². The largest absolute Gasteiger partial charge is 0.464 e. The van der Waals surface area contributed by atoms with Crippen LogP contribution < -0.4 is 16.0 Å². The van der Waals surface area contributed by atoms with Crippen LogP contribution in [0.1, 0.15) is 29.7 Å². The molecule has 0 heterocycles. The molecule has 0 amide bonds. The average molecular weight is 431 g/mol. The third-order valence-electron chi connectivity index (χ3n) is 5.16. The van der Waals surface area contributed by atoms with Gasteiger partial charge in [-0.15, -0.1) is 0 Å². The molecule has 0 bridgehead atoms. The van der Waals surface area contributed by atoms with Crippen molar-refractivity contribution in [2.75, 3.05) is 30.9 Å². The number of nitrogens with one attached hydrogen (secondary N) is 2. The number of aryl methyl sites for hydroxylation is 1. The molecule has 3 aromatic rings. The van der Waals surface area contributed by atoms with Gasteiger partial charge in [-0.25, -0.2) is 4.79 Å². The van der Waals surface area contributed by atoms with Crippen molar-refractivity contribution in [2.24, 2.45) is 5.73 Å². The Hall–Kier alpha value is -3.80. The highest BCUT2D eigenvalue weighted by atomic mass is 16.5. The van der Waals surface area contributed by atoms with Gasteiger partial charge in [-0.05, 0) is 73.0 Å². The van der Waals surface area contributed by atoms with Crippen LogP contribution in [0.2, 0.25) is 0 Å². The Morgan fingerprint density at radius 3 is 2.41 bits per heavy atom. The highest BCUT2D eigenvalue weighted by Gasteiger charge is 2.23. The van der Waals surface area contributed by atoms with E-state index in [0.717, 1.165) is 33.6 Å². The zero-order valence-corrected chi connectivity index (χ0v) is 19.0. The maximum Gasteiger partial charge on any atom is 0.333 e. The molecule has 166 valence electrons. The van der Waals surface area contributed by atoms with Crippen molar-refractivity contribution in [3.63, 3.8) is 0 Å². The molecule has 0 aliphatic heterocycles. The molecular weight excluding hydrogens is 400 g/mol. The Kier molecular flexibility index (Phi) is 7.15. The Balaban J connectivity index is 2.00. The van der Waals surface area contributed by atoms with Crippen molar-refractivity contribution in [2.45, 2.75) is 19.9 Å². The summed E-state index contributed by atoms with van der Waals surface area (Å²) in [6.07, 6.45) is 0. The van der Waals surface area contributed by atoms with Gasteiger partial charge >= 0.3 is 5.97 Å². The molecule has 0 spiro atoms. The van der Waals surface area contributed by atoms with Gasteiger partial charge in [-0.2, -0.15) is 0 Å². The van der Waals surface area contributed by atoms with Crippen molar-refractivity contribution in [1.29, 1.82) is 5.41 Å². The highest BCUT2D eigenvalue weighted by molar-refractivity contribution is 5.95. The predicted molar refractivity (Wildman–Crippen MR) is 131 cm³/mol. The summed E-state index contributed by atoms with van der Waals surface area (Å²) in [5.41, 5.74) is 12.0. The van der Waals surface area contributed by atoms with Crippen LogP contribution in [-0.4, -0.2) is 32.5 Å². The molecule has 32 heavy (non-hydrogen) atoms. The van der Waals surface area contributed by atoms with Crippen LogP contribution >= 0.6 is 0 Å². The van der Waals surface area contributed by atoms with E-state index in [1.165, 1.54) is 0 Å². The first-order valence-electron chi connectivity index (χ1n) is 10.6. The minimum atomic E-state index is -0.672. The molecule has 0 radical (unpaired) electrons. The van der Waals surface area contributed by atoms with E-state index in [0.29, 0.717) is 12.2 Å². The Bertz CT molecular complexity index is 1110. The number of hydrogen-bond donors (Lipinski definition) is 3. The van der Waals surface area contributed by atoms with Gasteiger partial charge in [0, 0.05) is 31.0 Å². The molecule has 0 aliphatic carbocycles. The average Bonchev–Trinajstić information content (AvgIpc) is 2.77. The second-order valence-corrected chi connectivity index (χ2v) is 7.90. The summed E-state index contributed by atoms with van der Waals surface area (Å²) < 4.78 is 5.37. The molecule has 1 unspecified atom stereocenters. The van der Waals surface area contributed by atoms with Gasteiger partial charge in [0.15, 0.2) is 6.04 Å². The maximum absolute atomic E-state index is 12.9. The number of nitrogens with two attached hydrogens (primary N) is 1. The fourth-order valence-electron chi connectivity index (χ4n) is 3.53. The zero-order chi connectivity index (χ0) is 23.3. The molecule has 1 atom stereocenters. The van der Waals surface area contributed by atoms with Gasteiger partial charge in [-0.1, -0.05) is 29.8 Å². The van der Waals surface area contributed by atoms with Gasteiger partial charge in [0.1, 0.15) is 5.84 Å². The lowest BCUT2D eigenvalue weighted by Gasteiger charge is -2.21. The van der Waals surface area contributed by atoms with E-state index in [1.54, 1.807) is 31.2 Å². The van der Waals surface area contributed by atoms with Crippen LogP contribution in [-0.2, 0) is 9.53 Å². The number of nitrogen functional groups attached to an aromatic ring is 1. The number of hydrogen-bond acceptors (Lipinski definition) is 5. The number of benzene rings is 3. The fourth-order valence-corrected chi connectivity index (χ4v) is 3.53. The minimum Gasteiger partial charge on any atom is -0.464 e. The van der Waals surface area contributed by atoms with Gasteiger partial charge in [0.2, 0.25) is 0 Å². The lowest BCUT2D eigenvalue weighted by atomic mass is 9.96. The predicted octanol–water partition coefficient (Wildman–Crippen LogP) is 4.73. The number of nitrogens with zero attached hydrogens (tertiary/aromatic N) is 1. The quantitative estimate of drug-likeness (QED) is 0.273. The molecule has 6 nitrogen and oxygen atoms in total. The minimum absolute atomic E-state index is 0.00164. The van der Waals surface area contributed by atoms with E-state index in [2.05, 4.69) is 34.5 Å². The number of anilines is 2. The Morgan fingerprint density at radius 2 is 1.78 bits per heavy atom. The first-order valence-corrected chi connectivity index (χ1v) is 10.6. The van der Waals surface area contributed by atoms with Crippen LogP contribution in [0.25, 0.3) is 11.1 Å². The second-order valence-electron chi connectivity index (χ2n) is 7.90. The standard InChI is InChI=1S/C26H30N4O2/c1-5-32-26(31)24(29-22-11-9-18(10-12-22)25(27)28)21-14-17(2)13-20(15-21)19-7-6-8-23(16-19)30(3)4/h6-16,24,29H,5H2,1-4H3,(H3,27,28). The SMILES string of the molecule is CCOC(=O)C(Nc1ccc(C(=N)N)cc1)c1cc(C)cc(-c2cccc(N(C)C)c2)c1. The molecular formula is C26H30N4O2. The molecule has 0 saturated carbocycles. The van der Waals surface area contributed by atoms with Crippen molar-refractivity contribution < 1.29 is 9.53 Å². The summed E-state index contributed by atoms with van der Waals surface area (Å²) in [5, 5.41) is 10.8. The van der Waals surface area contributed by atoms with Gasteiger partial charge in [-0.3, -0.25) is 5.41 Å². The third kappa shape index (κ3) is 5.46. The van der Waals surface area contributed by atoms with Crippen LogP contribution in [0, 0.1) is 12.3 Å². The monoisotopic (exact) mass is 430 g/mol. The topological polar surface area (TPSA) is 91.4 Å².